The van der Waals surface area contributed by atoms with E-state index in [2.05, 4.69) is 20.9 Å². The molecular formula is C7H7BrClN3O. The summed E-state index contributed by atoms with van der Waals surface area (Å²) in [5.41, 5.74) is 7.52. The van der Waals surface area contributed by atoms with Crippen molar-refractivity contribution in [3.63, 3.8) is 0 Å². The molecule has 0 aliphatic carbocycles. The quantitative estimate of drug-likeness (QED) is 0.413. The highest BCUT2D eigenvalue weighted by Gasteiger charge is 1.99. The predicted molar refractivity (Wildman–Crippen MR) is 55.4 cm³/mol. The standard InChI is InChI=1S/C7H7BrClN3O/c8-5-2-1-4(9)3-6(5)11-7(10)12-13/h1-3,13H,(H3,10,11,12). The first kappa shape index (κ1) is 10.3. The molecule has 0 atom stereocenters. The minimum absolute atomic E-state index is 0.0945. The Bertz CT molecular complexity index is 343. The van der Waals surface area contributed by atoms with Crippen LogP contribution in [0.15, 0.2) is 27.7 Å². The molecule has 0 spiro atoms. The van der Waals surface area contributed by atoms with Gasteiger partial charge < -0.3 is 5.73 Å². The summed E-state index contributed by atoms with van der Waals surface area (Å²) in [7, 11) is 0. The Kier molecular flexibility index (Phi) is 3.53. The van der Waals surface area contributed by atoms with Crippen LogP contribution in [-0.2, 0) is 0 Å². The zero-order chi connectivity index (χ0) is 9.84. The highest BCUT2D eigenvalue weighted by atomic mass is 79.9. The number of nitrogens with two attached hydrogens (primary N) is 1. The van der Waals surface area contributed by atoms with Crippen molar-refractivity contribution < 1.29 is 5.21 Å². The summed E-state index contributed by atoms with van der Waals surface area (Å²) in [6.45, 7) is 0. The molecule has 0 aromatic heterocycles. The fourth-order valence-electron chi connectivity index (χ4n) is 0.726. The van der Waals surface area contributed by atoms with Crippen molar-refractivity contribution in [3.8, 4) is 0 Å². The molecule has 1 aromatic rings. The summed E-state index contributed by atoms with van der Waals surface area (Å²) < 4.78 is 0.745. The Morgan fingerprint density at radius 1 is 1.62 bits per heavy atom. The highest BCUT2D eigenvalue weighted by Crippen LogP contribution is 2.28. The molecule has 0 heterocycles. The number of hydrogen-bond donors (Lipinski definition) is 3. The molecule has 1 rings (SSSR count). The van der Waals surface area contributed by atoms with Crippen LogP contribution in [-0.4, -0.2) is 11.2 Å². The molecule has 0 amide bonds. The SMILES string of the molecule is NC(=Nc1cc(Cl)ccc1Br)NO. The Morgan fingerprint density at radius 2 is 2.31 bits per heavy atom. The van der Waals surface area contributed by atoms with E-state index in [0.717, 1.165) is 4.47 Å². The summed E-state index contributed by atoms with van der Waals surface area (Å²) >= 11 is 8.99. The monoisotopic (exact) mass is 263 g/mol. The van der Waals surface area contributed by atoms with Gasteiger partial charge in [0.25, 0.3) is 0 Å². The van der Waals surface area contributed by atoms with Gasteiger partial charge in [0.15, 0.2) is 0 Å². The normalized spacial score (nSPS) is 11.5. The molecule has 4 N–H and O–H groups in total. The molecule has 0 saturated carbocycles. The zero-order valence-electron chi connectivity index (χ0n) is 6.46. The van der Waals surface area contributed by atoms with Gasteiger partial charge in [0.05, 0.1) is 5.69 Å². The third-order valence-electron chi connectivity index (χ3n) is 1.26. The van der Waals surface area contributed by atoms with Gasteiger partial charge in [-0.2, -0.15) is 0 Å². The zero-order valence-corrected chi connectivity index (χ0v) is 8.80. The minimum atomic E-state index is -0.0945. The molecular weight excluding hydrogens is 257 g/mol. The summed E-state index contributed by atoms with van der Waals surface area (Å²) in [5.74, 6) is -0.0945. The number of halogens is 2. The van der Waals surface area contributed by atoms with Crippen LogP contribution < -0.4 is 11.2 Å². The van der Waals surface area contributed by atoms with Crippen molar-refractivity contribution in [2.24, 2.45) is 10.7 Å². The highest BCUT2D eigenvalue weighted by molar-refractivity contribution is 9.10. The van der Waals surface area contributed by atoms with Gasteiger partial charge in [-0.25, -0.2) is 10.5 Å². The van der Waals surface area contributed by atoms with Gasteiger partial charge in [0.1, 0.15) is 0 Å². The number of benzene rings is 1. The van der Waals surface area contributed by atoms with E-state index in [9.17, 15) is 0 Å². The van der Waals surface area contributed by atoms with Crippen LogP contribution in [0.5, 0.6) is 0 Å². The summed E-state index contributed by atoms with van der Waals surface area (Å²) in [6, 6.07) is 5.08. The maximum Gasteiger partial charge on any atom is 0.218 e. The molecule has 6 heteroatoms. The van der Waals surface area contributed by atoms with E-state index in [1.807, 2.05) is 0 Å². The number of guanidine groups is 1. The van der Waals surface area contributed by atoms with Crippen molar-refractivity contribution in [2.75, 3.05) is 0 Å². The van der Waals surface area contributed by atoms with Crippen LogP contribution in [0.3, 0.4) is 0 Å². The van der Waals surface area contributed by atoms with Gasteiger partial charge in [0.2, 0.25) is 5.96 Å². The van der Waals surface area contributed by atoms with Gasteiger partial charge in [0, 0.05) is 9.50 Å². The number of aliphatic imine (C=N–C) groups is 1. The molecule has 0 fully saturated rings. The van der Waals surface area contributed by atoms with E-state index < -0.39 is 0 Å². The molecule has 0 radical (unpaired) electrons. The first-order valence-corrected chi connectivity index (χ1v) is 4.50. The average molecular weight is 265 g/mol. The van der Waals surface area contributed by atoms with Gasteiger partial charge in [-0.3, -0.25) is 5.21 Å². The van der Waals surface area contributed by atoms with Crippen LogP contribution in [0.25, 0.3) is 0 Å². The van der Waals surface area contributed by atoms with Crippen molar-refractivity contribution in [3.05, 3.63) is 27.7 Å². The lowest BCUT2D eigenvalue weighted by molar-refractivity contribution is 0.233. The number of rotatable bonds is 1. The largest absolute Gasteiger partial charge is 0.368 e. The molecule has 70 valence electrons. The van der Waals surface area contributed by atoms with Gasteiger partial charge in [-0.05, 0) is 34.1 Å². The maximum atomic E-state index is 8.40. The Labute approximate surface area is 88.5 Å². The van der Waals surface area contributed by atoms with Crippen LogP contribution >= 0.6 is 27.5 Å². The van der Waals surface area contributed by atoms with Crippen molar-refractivity contribution >= 4 is 39.2 Å². The van der Waals surface area contributed by atoms with Crippen molar-refractivity contribution in [1.82, 2.24) is 5.48 Å². The second-order valence-corrected chi connectivity index (χ2v) is 3.50. The average Bonchev–Trinajstić information content (AvgIpc) is 2.11. The number of hydrogen-bond acceptors (Lipinski definition) is 2. The third kappa shape index (κ3) is 2.87. The second kappa shape index (κ2) is 4.45. The van der Waals surface area contributed by atoms with E-state index in [4.69, 9.17) is 22.5 Å². The summed E-state index contributed by atoms with van der Waals surface area (Å²) in [6.07, 6.45) is 0. The Morgan fingerprint density at radius 3 is 2.92 bits per heavy atom. The van der Waals surface area contributed by atoms with Crippen molar-refractivity contribution in [2.45, 2.75) is 0 Å². The number of hydroxylamine groups is 1. The summed E-state index contributed by atoms with van der Waals surface area (Å²) in [5, 5.41) is 8.95. The molecule has 13 heavy (non-hydrogen) atoms. The van der Waals surface area contributed by atoms with Gasteiger partial charge in [-0.15, -0.1) is 0 Å². The van der Waals surface area contributed by atoms with E-state index in [1.54, 1.807) is 23.7 Å². The lowest BCUT2D eigenvalue weighted by Gasteiger charge is -2.00. The predicted octanol–water partition coefficient (Wildman–Crippen LogP) is 2.03. The number of nitrogens with zero attached hydrogens (tertiary/aromatic N) is 1. The molecule has 0 unspecified atom stereocenters. The van der Waals surface area contributed by atoms with Crippen molar-refractivity contribution in [1.29, 1.82) is 0 Å². The Hall–Kier alpha value is -0.780. The smallest absolute Gasteiger partial charge is 0.218 e. The van der Waals surface area contributed by atoms with Gasteiger partial charge >= 0.3 is 0 Å². The lowest BCUT2D eigenvalue weighted by atomic mass is 10.3. The molecule has 0 aliphatic rings. The fourth-order valence-corrected chi connectivity index (χ4v) is 1.23. The van der Waals surface area contributed by atoms with E-state index in [0.29, 0.717) is 10.7 Å². The molecule has 0 bridgehead atoms. The van der Waals surface area contributed by atoms with Crippen LogP contribution in [0.4, 0.5) is 5.69 Å². The van der Waals surface area contributed by atoms with Crippen LogP contribution in [0.1, 0.15) is 0 Å². The minimum Gasteiger partial charge on any atom is -0.368 e. The summed E-state index contributed by atoms with van der Waals surface area (Å²) in [4.78, 5) is 3.84. The van der Waals surface area contributed by atoms with E-state index in [-0.39, 0.29) is 5.96 Å². The fraction of sp³-hybridized carbons (Fsp3) is 0. The third-order valence-corrected chi connectivity index (χ3v) is 2.17. The lowest BCUT2D eigenvalue weighted by Crippen LogP contribution is -2.27. The van der Waals surface area contributed by atoms with Crippen LogP contribution in [0.2, 0.25) is 5.02 Å². The molecule has 0 saturated heterocycles. The Balaban J connectivity index is 3.07. The number of nitrogens with one attached hydrogen (secondary N) is 1. The van der Waals surface area contributed by atoms with Crippen LogP contribution in [0, 0.1) is 0 Å². The first-order chi connectivity index (χ1) is 6.13. The molecule has 1 aromatic carbocycles. The molecule has 0 aliphatic heterocycles. The topological polar surface area (TPSA) is 70.6 Å². The van der Waals surface area contributed by atoms with E-state index >= 15 is 0 Å². The molecule has 4 nitrogen and oxygen atoms in total. The van der Waals surface area contributed by atoms with E-state index in [1.165, 1.54) is 0 Å². The maximum absolute atomic E-state index is 8.40. The first-order valence-electron chi connectivity index (χ1n) is 3.33. The van der Waals surface area contributed by atoms with Gasteiger partial charge in [-0.1, -0.05) is 11.6 Å². The second-order valence-electron chi connectivity index (χ2n) is 2.20.